The normalized spacial score (nSPS) is 12.0. The van der Waals surface area contributed by atoms with E-state index in [0.29, 0.717) is 6.54 Å². The van der Waals surface area contributed by atoms with Gasteiger partial charge in [0.25, 0.3) is 0 Å². The van der Waals surface area contributed by atoms with E-state index in [1.54, 1.807) is 0 Å². The summed E-state index contributed by atoms with van der Waals surface area (Å²) in [6.07, 6.45) is 2.96. The van der Waals surface area contributed by atoms with Crippen LogP contribution in [0.15, 0.2) is 77.3 Å². The van der Waals surface area contributed by atoms with E-state index in [1.165, 1.54) is 23.1 Å². The quantitative estimate of drug-likeness (QED) is 0.224. The molecule has 11 heteroatoms. The van der Waals surface area contributed by atoms with Gasteiger partial charge >= 0.3 is 0 Å². The Hall–Kier alpha value is -2.59. The highest BCUT2D eigenvalue weighted by Gasteiger charge is 2.33. The highest BCUT2D eigenvalue weighted by molar-refractivity contribution is 9.10. The number of carbonyl (C=O) groups excluding carboxylic acids is 2. The van der Waals surface area contributed by atoms with E-state index in [2.05, 4.69) is 21.2 Å². The Morgan fingerprint density at radius 2 is 1.65 bits per heavy atom. The zero-order chi connectivity index (χ0) is 29.3. The Morgan fingerprint density at radius 3 is 2.27 bits per heavy atom. The third-order valence-corrected chi connectivity index (χ3v) is 8.59. The molecule has 0 unspecified atom stereocenters. The molecule has 40 heavy (non-hydrogen) atoms. The Bertz CT molecular complexity index is 1420. The Kier molecular flexibility index (Phi) is 11.9. The number of rotatable bonds is 13. The maximum atomic E-state index is 14.0. The monoisotopic (exact) mass is 667 g/mol. The molecule has 0 radical (unpaired) electrons. The number of unbranched alkanes of at least 4 members (excludes halogenated alkanes) is 1. The maximum Gasteiger partial charge on any atom is 0.244 e. The van der Waals surface area contributed by atoms with Gasteiger partial charge in [-0.2, -0.15) is 0 Å². The summed E-state index contributed by atoms with van der Waals surface area (Å²) in [7, 11) is -3.90. The molecular weight excluding hydrogens is 637 g/mol. The van der Waals surface area contributed by atoms with Crippen LogP contribution >= 0.6 is 39.1 Å². The van der Waals surface area contributed by atoms with Gasteiger partial charge in [0.1, 0.15) is 12.6 Å². The van der Waals surface area contributed by atoms with Crippen LogP contribution in [0.2, 0.25) is 10.0 Å². The first kappa shape index (κ1) is 31.9. The highest BCUT2D eigenvalue weighted by atomic mass is 79.9. The van der Waals surface area contributed by atoms with Crippen LogP contribution in [-0.2, 0) is 32.6 Å². The minimum atomic E-state index is -3.90. The van der Waals surface area contributed by atoms with Crippen molar-refractivity contribution in [2.75, 3.05) is 23.7 Å². The van der Waals surface area contributed by atoms with Crippen LogP contribution in [0.3, 0.4) is 0 Å². The first-order valence-electron chi connectivity index (χ1n) is 12.8. The molecule has 0 bridgehead atoms. The molecule has 7 nitrogen and oxygen atoms in total. The topological polar surface area (TPSA) is 86.8 Å². The lowest BCUT2D eigenvalue weighted by atomic mass is 10.0. The van der Waals surface area contributed by atoms with Gasteiger partial charge in [0.2, 0.25) is 21.8 Å². The number of sulfonamides is 1. The molecule has 1 N–H and O–H groups in total. The van der Waals surface area contributed by atoms with E-state index < -0.39 is 28.5 Å². The lowest BCUT2D eigenvalue weighted by molar-refractivity contribution is -0.140. The van der Waals surface area contributed by atoms with Gasteiger partial charge in [0.05, 0.1) is 22.0 Å². The van der Waals surface area contributed by atoms with Crippen molar-refractivity contribution in [3.8, 4) is 0 Å². The smallest absolute Gasteiger partial charge is 0.244 e. The molecule has 3 aromatic rings. The number of benzene rings is 3. The van der Waals surface area contributed by atoms with Crippen molar-refractivity contribution in [2.45, 2.75) is 38.8 Å². The number of hydrogen-bond donors (Lipinski definition) is 1. The molecule has 0 aliphatic heterocycles. The lowest BCUT2D eigenvalue weighted by Crippen LogP contribution is -2.53. The van der Waals surface area contributed by atoms with Gasteiger partial charge in [-0.1, -0.05) is 94.9 Å². The summed E-state index contributed by atoms with van der Waals surface area (Å²) in [5.74, 6) is -0.843. The first-order valence-corrected chi connectivity index (χ1v) is 16.2. The zero-order valence-electron chi connectivity index (χ0n) is 22.3. The summed E-state index contributed by atoms with van der Waals surface area (Å²) in [4.78, 5) is 29.1. The van der Waals surface area contributed by atoms with Crippen LogP contribution in [0.5, 0.6) is 0 Å². The van der Waals surface area contributed by atoms with Crippen molar-refractivity contribution in [1.29, 1.82) is 0 Å². The van der Waals surface area contributed by atoms with Crippen LogP contribution in [0, 0.1) is 0 Å². The molecule has 0 aliphatic carbocycles. The van der Waals surface area contributed by atoms with Crippen LogP contribution in [0.4, 0.5) is 5.69 Å². The van der Waals surface area contributed by atoms with Crippen LogP contribution in [0.1, 0.15) is 30.9 Å². The molecule has 0 fully saturated rings. The SMILES string of the molecule is CCCCNC(=O)[C@@H](Cc1ccccc1)N(Cc1cccc(Br)c1)C(=O)CN(c1ccc(Cl)c(Cl)c1)S(C)(=O)=O. The number of nitrogens with one attached hydrogen (secondary N) is 1. The van der Waals surface area contributed by atoms with Gasteiger partial charge in [-0.15, -0.1) is 0 Å². The van der Waals surface area contributed by atoms with Crippen molar-refractivity contribution >= 4 is 66.7 Å². The molecule has 0 aliphatic rings. The van der Waals surface area contributed by atoms with Crippen molar-refractivity contribution < 1.29 is 18.0 Å². The molecule has 0 aromatic heterocycles. The van der Waals surface area contributed by atoms with Crippen LogP contribution < -0.4 is 9.62 Å². The molecule has 0 heterocycles. The second-order valence-electron chi connectivity index (χ2n) is 9.37. The molecule has 0 saturated carbocycles. The Morgan fingerprint density at radius 1 is 0.950 bits per heavy atom. The number of carbonyl (C=O) groups is 2. The molecule has 214 valence electrons. The molecule has 0 spiro atoms. The van der Waals surface area contributed by atoms with E-state index in [0.717, 1.165) is 39.0 Å². The van der Waals surface area contributed by atoms with E-state index in [9.17, 15) is 18.0 Å². The van der Waals surface area contributed by atoms with Gasteiger partial charge < -0.3 is 10.2 Å². The van der Waals surface area contributed by atoms with Gasteiger partial charge in [0.15, 0.2) is 0 Å². The van der Waals surface area contributed by atoms with Gasteiger partial charge in [-0.25, -0.2) is 8.42 Å². The largest absolute Gasteiger partial charge is 0.354 e. The third kappa shape index (κ3) is 9.23. The molecule has 2 amide bonds. The minimum absolute atomic E-state index is 0.0932. The molecular formula is C29H32BrCl2N3O4S. The van der Waals surface area contributed by atoms with Crippen LogP contribution in [-0.4, -0.2) is 50.5 Å². The average Bonchev–Trinajstić information content (AvgIpc) is 2.91. The van der Waals surface area contributed by atoms with E-state index in [1.807, 2.05) is 61.5 Å². The number of anilines is 1. The predicted molar refractivity (Wildman–Crippen MR) is 165 cm³/mol. The zero-order valence-corrected chi connectivity index (χ0v) is 26.2. The summed E-state index contributed by atoms with van der Waals surface area (Å²) in [6.45, 7) is 2.06. The van der Waals surface area contributed by atoms with Gasteiger partial charge in [-0.05, 0) is 47.9 Å². The lowest BCUT2D eigenvalue weighted by Gasteiger charge is -2.33. The highest BCUT2D eigenvalue weighted by Crippen LogP contribution is 2.29. The number of halogens is 3. The molecule has 3 rings (SSSR count). The van der Waals surface area contributed by atoms with Gasteiger partial charge in [0, 0.05) is 24.0 Å². The second kappa shape index (κ2) is 14.9. The Balaban J connectivity index is 2.04. The van der Waals surface area contributed by atoms with E-state index >= 15 is 0 Å². The van der Waals surface area contributed by atoms with Crippen molar-refractivity contribution in [3.05, 3.63) is 98.4 Å². The standard InChI is InChI=1S/C29H32BrCl2N3O4S/c1-3-4-15-33-29(37)27(17-21-9-6-5-7-10-21)34(19-22-11-8-12-23(30)16-22)28(36)20-35(40(2,38)39)24-13-14-25(31)26(32)18-24/h5-14,16,18,27H,3-4,15,17,19-20H2,1-2H3,(H,33,37)/t27-/m1/s1. The summed E-state index contributed by atoms with van der Waals surface area (Å²) in [6, 6.07) is 20.3. The minimum Gasteiger partial charge on any atom is -0.354 e. The number of nitrogens with zero attached hydrogens (tertiary/aromatic N) is 2. The summed E-state index contributed by atoms with van der Waals surface area (Å²) in [5, 5.41) is 3.37. The summed E-state index contributed by atoms with van der Waals surface area (Å²) < 4.78 is 27.5. The fourth-order valence-corrected chi connectivity index (χ4v) is 5.73. The molecule has 0 saturated heterocycles. The Labute approximate surface area is 254 Å². The van der Waals surface area contributed by atoms with Crippen molar-refractivity contribution in [3.63, 3.8) is 0 Å². The maximum absolute atomic E-state index is 14.0. The summed E-state index contributed by atoms with van der Waals surface area (Å²) in [5.41, 5.74) is 1.84. The fourth-order valence-electron chi connectivity index (χ4n) is 4.15. The predicted octanol–water partition coefficient (Wildman–Crippen LogP) is 6.08. The fraction of sp³-hybridized carbons (Fsp3) is 0.310. The second-order valence-corrected chi connectivity index (χ2v) is 13.0. The van der Waals surface area contributed by atoms with Crippen LogP contribution in [0.25, 0.3) is 0 Å². The van der Waals surface area contributed by atoms with Gasteiger partial charge in [-0.3, -0.25) is 13.9 Å². The van der Waals surface area contributed by atoms with E-state index in [-0.39, 0.29) is 34.6 Å². The van der Waals surface area contributed by atoms with Crippen molar-refractivity contribution in [2.24, 2.45) is 0 Å². The third-order valence-electron chi connectivity index (χ3n) is 6.21. The van der Waals surface area contributed by atoms with E-state index in [4.69, 9.17) is 23.2 Å². The molecule has 3 aromatic carbocycles. The average molecular weight is 669 g/mol. The number of amides is 2. The molecule has 1 atom stereocenters. The first-order chi connectivity index (χ1) is 19.0. The number of hydrogen-bond acceptors (Lipinski definition) is 4. The summed E-state index contributed by atoms with van der Waals surface area (Å²) >= 11 is 15.7. The van der Waals surface area contributed by atoms with Crippen molar-refractivity contribution in [1.82, 2.24) is 10.2 Å².